The van der Waals surface area contributed by atoms with Crippen molar-refractivity contribution in [2.45, 2.75) is 6.92 Å². The van der Waals surface area contributed by atoms with Crippen LogP contribution in [0.1, 0.15) is 22.8 Å². The highest BCUT2D eigenvalue weighted by molar-refractivity contribution is 5.97. The molecule has 0 unspecified atom stereocenters. The molecule has 0 saturated carbocycles. The van der Waals surface area contributed by atoms with Gasteiger partial charge in [0.15, 0.2) is 5.78 Å². The van der Waals surface area contributed by atoms with E-state index in [2.05, 4.69) is 0 Å². The van der Waals surface area contributed by atoms with Crippen molar-refractivity contribution < 1.29 is 9.18 Å². The van der Waals surface area contributed by atoms with Gasteiger partial charge in [-0.3, -0.25) is 4.79 Å². The quantitative estimate of drug-likeness (QED) is 0.746. The summed E-state index contributed by atoms with van der Waals surface area (Å²) in [6, 6.07) is 4.12. The molecule has 1 aromatic rings. The van der Waals surface area contributed by atoms with Crippen LogP contribution in [0.5, 0.6) is 0 Å². The van der Waals surface area contributed by atoms with Crippen LogP contribution in [0.15, 0.2) is 24.3 Å². The predicted octanol–water partition coefficient (Wildman–Crippen LogP) is 2.00. The largest absolute Gasteiger partial charge is 0.327 e. The maximum Gasteiger partial charge on any atom is 0.160 e. The Morgan fingerprint density at radius 1 is 1.57 bits per heavy atom. The topological polar surface area (TPSA) is 43.1 Å². The highest BCUT2D eigenvalue weighted by Gasteiger charge is 2.05. The second-order valence-corrected chi connectivity index (χ2v) is 2.93. The van der Waals surface area contributed by atoms with Crippen LogP contribution in [-0.2, 0) is 0 Å². The minimum absolute atomic E-state index is 0.152. The van der Waals surface area contributed by atoms with Gasteiger partial charge in [0, 0.05) is 12.1 Å². The lowest BCUT2D eigenvalue weighted by Crippen LogP contribution is -1.98. The van der Waals surface area contributed by atoms with E-state index in [1.807, 2.05) is 0 Å². The molecule has 3 heteroatoms. The number of rotatable bonds is 3. The molecule has 0 bridgehead atoms. The summed E-state index contributed by atoms with van der Waals surface area (Å²) in [5.74, 6) is -0.554. The molecule has 0 spiro atoms. The van der Waals surface area contributed by atoms with E-state index in [4.69, 9.17) is 5.73 Å². The Kier molecular flexibility index (Phi) is 3.54. The van der Waals surface area contributed by atoms with Crippen LogP contribution in [0, 0.1) is 5.82 Å². The zero-order valence-electron chi connectivity index (χ0n) is 7.96. The van der Waals surface area contributed by atoms with E-state index in [0.717, 1.165) is 0 Å². The van der Waals surface area contributed by atoms with Crippen molar-refractivity contribution in [3.8, 4) is 0 Å². The average Bonchev–Trinajstić information content (AvgIpc) is 2.15. The molecule has 0 aliphatic carbocycles. The van der Waals surface area contributed by atoms with Crippen molar-refractivity contribution in [1.82, 2.24) is 0 Å². The summed E-state index contributed by atoms with van der Waals surface area (Å²) in [4.78, 5) is 11.1. The summed E-state index contributed by atoms with van der Waals surface area (Å²) in [6.07, 6.45) is 3.44. The average molecular weight is 193 g/mol. The lowest BCUT2D eigenvalue weighted by Gasteiger charge is -2.01. The van der Waals surface area contributed by atoms with Gasteiger partial charge in [-0.15, -0.1) is 0 Å². The lowest BCUT2D eigenvalue weighted by molar-refractivity contribution is 0.101. The minimum atomic E-state index is -0.403. The molecule has 0 amide bonds. The highest BCUT2D eigenvalue weighted by atomic mass is 19.1. The van der Waals surface area contributed by atoms with Gasteiger partial charge in [-0.25, -0.2) is 4.39 Å². The molecule has 0 aliphatic heterocycles. The SMILES string of the molecule is CC(=O)c1cc(F)ccc1C=CCN. The molecule has 0 aliphatic rings. The Hall–Kier alpha value is -1.48. The Bertz CT molecular complexity index is 372. The summed E-state index contributed by atoms with van der Waals surface area (Å²) >= 11 is 0. The molecule has 0 heterocycles. The van der Waals surface area contributed by atoms with E-state index in [9.17, 15) is 9.18 Å². The van der Waals surface area contributed by atoms with Crippen molar-refractivity contribution in [3.63, 3.8) is 0 Å². The molecule has 14 heavy (non-hydrogen) atoms. The second-order valence-electron chi connectivity index (χ2n) is 2.93. The number of benzene rings is 1. The fraction of sp³-hybridized carbons (Fsp3) is 0.182. The molecule has 1 rings (SSSR count). The summed E-state index contributed by atoms with van der Waals surface area (Å²) in [6.45, 7) is 1.81. The molecule has 0 aromatic heterocycles. The Labute approximate surface area is 82.2 Å². The summed E-state index contributed by atoms with van der Waals surface area (Å²) < 4.78 is 12.8. The predicted molar refractivity (Wildman–Crippen MR) is 54.5 cm³/mol. The van der Waals surface area contributed by atoms with Crippen molar-refractivity contribution in [3.05, 3.63) is 41.2 Å². The third-order valence-electron chi connectivity index (χ3n) is 1.83. The maximum atomic E-state index is 12.8. The Morgan fingerprint density at radius 2 is 2.29 bits per heavy atom. The number of hydrogen-bond donors (Lipinski definition) is 1. The zero-order valence-corrected chi connectivity index (χ0v) is 7.96. The van der Waals surface area contributed by atoms with Gasteiger partial charge in [-0.2, -0.15) is 0 Å². The van der Waals surface area contributed by atoms with Crippen LogP contribution >= 0.6 is 0 Å². The molecule has 0 atom stereocenters. The first-order valence-electron chi connectivity index (χ1n) is 4.32. The van der Waals surface area contributed by atoms with Gasteiger partial charge < -0.3 is 5.73 Å². The third-order valence-corrected chi connectivity index (χ3v) is 1.83. The smallest absolute Gasteiger partial charge is 0.160 e. The summed E-state index contributed by atoms with van der Waals surface area (Å²) in [5.41, 5.74) is 6.37. The highest BCUT2D eigenvalue weighted by Crippen LogP contribution is 2.13. The van der Waals surface area contributed by atoms with Crippen LogP contribution in [0.25, 0.3) is 6.08 Å². The van der Waals surface area contributed by atoms with Crippen molar-refractivity contribution in [2.24, 2.45) is 5.73 Å². The molecule has 0 radical (unpaired) electrons. The van der Waals surface area contributed by atoms with Gasteiger partial charge in [-0.05, 0) is 24.6 Å². The number of nitrogens with two attached hydrogens (primary N) is 1. The van der Waals surface area contributed by atoms with Crippen LogP contribution in [0.4, 0.5) is 4.39 Å². The fourth-order valence-corrected chi connectivity index (χ4v) is 1.17. The van der Waals surface area contributed by atoms with Gasteiger partial charge >= 0.3 is 0 Å². The summed E-state index contributed by atoms with van der Waals surface area (Å²) in [7, 11) is 0. The molecule has 74 valence electrons. The van der Waals surface area contributed by atoms with Crippen molar-refractivity contribution in [2.75, 3.05) is 6.54 Å². The van der Waals surface area contributed by atoms with Crippen LogP contribution in [-0.4, -0.2) is 12.3 Å². The van der Waals surface area contributed by atoms with E-state index in [1.54, 1.807) is 18.2 Å². The van der Waals surface area contributed by atoms with Gasteiger partial charge in [0.2, 0.25) is 0 Å². The van der Waals surface area contributed by atoms with Gasteiger partial charge in [0.05, 0.1) is 0 Å². The van der Waals surface area contributed by atoms with E-state index >= 15 is 0 Å². The van der Waals surface area contributed by atoms with Crippen LogP contribution < -0.4 is 5.73 Å². The normalized spacial score (nSPS) is 10.8. The lowest BCUT2D eigenvalue weighted by atomic mass is 10.0. The molecule has 2 N–H and O–H groups in total. The third kappa shape index (κ3) is 2.50. The van der Waals surface area contributed by atoms with Crippen molar-refractivity contribution in [1.29, 1.82) is 0 Å². The van der Waals surface area contributed by atoms with E-state index < -0.39 is 5.82 Å². The Morgan fingerprint density at radius 3 is 2.86 bits per heavy atom. The van der Waals surface area contributed by atoms with E-state index in [1.165, 1.54) is 19.1 Å². The first-order chi connectivity index (χ1) is 6.65. The molecule has 0 saturated heterocycles. The first-order valence-corrected chi connectivity index (χ1v) is 4.32. The standard InChI is InChI=1S/C11H12FNO/c1-8(14)11-7-10(12)5-4-9(11)3-2-6-13/h2-5,7H,6,13H2,1H3. The summed E-state index contributed by atoms with van der Waals surface area (Å²) in [5, 5.41) is 0. The number of halogens is 1. The fourth-order valence-electron chi connectivity index (χ4n) is 1.17. The monoisotopic (exact) mass is 193 g/mol. The molecule has 1 aromatic carbocycles. The Balaban J connectivity index is 3.15. The second kappa shape index (κ2) is 4.67. The minimum Gasteiger partial charge on any atom is -0.327 e. The van der Waals surface area contributed by atoms with E-state index in [-0.39, 0.29) is 5.78 Å². The molecular weight excluding hydrogens is 181 g/mol. The zero-order chi connectivity index (χ0) is 10.6. The molecular formula is C11H12FNO. The van der Waals surface area contributed by atoms with Gasteiger partial charge in [0.25, 0.3) is 0 Å². The van der Waals surface area contributed by atoms with Gasteiger partial charge in [0.1, 0.15) is 5.82 Å². The van der Waals surface area contributed by atoms with Crippen molar-refractivity contribution >= 4 is 11.9 Å². The number of hydrogen-bond acceptors (Lipinski definition) is 2. The number of carbonyl (C=O) groups excluding carboxylic acids is 1. The van der Waals surface area contributed by atoms with Gasteiger partial charge in [-0.1, -0.05) is 18.2 Å². The number of Topliss-reactive ketones (excluding diaryl/α,β-unsaturated/α-hetero) is 1. The molecule has 2 nitrogen and oxygen atoms in total. The van der Waals surface area contributed by atoms with Crippen LogP contribution in [0.2, 0.25) is 0 Å². The maximum absolute atomic E-state index is 12.8. The van der Waals surface area contributed by atoms with E-state index in [0.29, 0.717) is 17.7 Å². The number of ketones is 1. The molecule has 0 fully saturated rings. The number of carbonyl (C=O) groups is 1. The van der Waals surface area contributed by atoms with Crippen LogP contribution in [0.3, 0.4) is 0 Å². The first kappa shape index (κ1) is 10.6.